The monoisotopic (exact) mass is 258 g/mol. The van der Waals surface area contributed by atoms with Gasteiger partial charge in [-0.25, -0.2) is 0 Å². The van der Waals surface area contributed by atoms with Crippen molar-refractivity contribution >= 4 is 0 Å². The molecule has 0 radical (unpaired) electrons. The number of unbranched alkanes of at least 4 members (excludes halogenated alkanes) is 2. The van der Waals surface area contributed by atoms with E-state index in [1.54, 1.807) is 18.2 Å². The van der Waals surface area contributed by atoms with Gasteiger partial charge < -0.3 is 9.84 Å². The molecule has 2 aromatic carbocycles. The van der Waals surface area contributed by atoms with E-state index in [4.69, 9.17) is 9.84 Å². The molecule has 0 aromatic heterocycles. The average molecular weight is 258 g/mol. The van der Waals surface area contributed by atoms with E-state index in [0.717, 1.165) is 18.8 Å². The molecular formula is C17H22O2. The van der Waals surface area contributed by atoms with Crippen LogP contribution in [0.25, 0.3) is 0 Å². The molecule has 0 fully saturated rings. The van der Waals surface area contributed by atoms with Crippen LogP contribution < -0.4 is 4.74 Å². The minimum Gasteiger partial charge on any atom is -0.508 e. The van der Waals surface area contributed by atoms with Crippen molar-refractivity contribution < 1.29 is 9.84 Å². The Morgan fingerprint density at radius 2 is 1.53 bits per heavy atom. The Bertz CT molecular complexity index is 400. The molecule has 102 valence electrons. The third kappa shape index (κ3) is 7.87. The van der Waals surface area contributed by atoms with Crippen molar-refractivity contribution in [2.75, 3.05) is 6.61 Å². The molecule has 0 atom stereocenters. The number of hydrogen-bond donors (Lipinski definition) is 1. The van der Waals surface area contributed by atoms with Gasteiger partial charge in [0.15, 0.2) is 0 Å². The molecule has 2 nitrogen and oxygen atoms in total. The second-order valence-electron chi connectivity index (χ2n) is 4.21. The van der Waals surface area contributed by atoms with E-state index in [-0.39, 0.29) is 5.75 Å². The topological polar surface area (TPSA) is 29.5 Å². The molecule has 0 amide bonds. The van der Waals surface area contributed by atoms with Crippen molar-refractivity contribution in [3.8, 4) is 11.5 Å². The van der Waals surface area contributed by atoms with Crippen molar-refractivity contribution in [3.05, 3.63) is 60.7 Å². The summed E-state index contributed by atoms with van der Waals surface area (Å²) in [6.45, 7) is 2.89. The number of ether oxygens (including phenoxy) is 1. The third-order valence-electron chi connectivity index (χ3n) is 2.50. The molecule has 0 heterocycles. The fourth-order valence-electron chi connectivity index (χ4n) is 1.50. The fourth-order valence-corrected chi connectivity index (χ4v) is 1.50. The van der Waals surface area contributed by atoms with E-state index in [1.807, 2.05) is 42.5 Å². The second-order valence-corrected chi connectivity index (χ2v) is 4.21. The van der Waals surface area contributed by atoms with Crippen molar-refractivity contribution in [3.63, 3.8) is 0 Å². The molecule has 0 saturated carbocycles. The zero-order chi connectivity index (χ0) is 13.8. The van der Waals surface area contributed by atoms with Crippen LogP contribution in [-0.4, -0.2) is 11.7 Å². The lowest BCUT2D eigenvalue weighted by atomic mass is 10.3. The van der Waals surface area contributed by atoms with Crippen molar-refractivity contribution in [2.45, 2.75) is 26.2 Å². The van der Waals surface area contributed by atoms with E-state index >= 15 is 0 Å². The highest BCUT2D eigenvalue weighted by Crippen LogP contribution is 2.17. The average Bonchev–Trinajstić information content (AvgIpc) is 2.46. The summed E-state index contributed by atoms with van der Waals surface area (Å²) in [7, 11) is 0. The summed E-state index contributed by atoms with van der Waals surface area (Å²) >= 11 is 0. The lowest BCUT2D eigenvalue weighted by molar-refractivity contribution is 0.304. The molecular weight excluding hydrogens is 236 g/mol. The Labute approximate surface area is 115 Å². The maximum absolute atomic E-state index is 9.14. The molecule has 0 saturated heterocycles. The first-order valence-corrected chi connectivity index (χ1v) is 6.74. The Kier molecular flexibility index (Phi) is 7.95. The minimum atomic E-state index is 0.257. The van der Waals surface area contributed by atoms with Crippen LogP contribution in [0.1, 0.15) is 26.2 Å². The molecule has 2 aromatic rings. The van der Waals surface area contributed by atoms with Gasteiger partial charge in [0, 0.05) is 6.07 Å². The summed E-state index contributed by atoms with van der Waals surface area (Å²) in [5.74, 6) is 1.00. The van der Waals surface area contributed by atoms with Crippen molar-refractivity contribution in [1.29, 1.82) is 0 Å². The van der Waals surface area contributed by atoms with Crippen LogP contribution in [-0.2, 0) is 0 Å². The van der Waals surface area contributed by atoms with Gasteiger partial charge in [0.25, 0.3) is 0 Å². The molecule has 0 spiro atoms. The zero-order valence-corrected chi connectivity index (χ0v) is 11.5. The Morgan fingerprint density at radius 3 is 2.05 bits per heavy atom. The second kappa shape index (κ2) is 10.0. The highest BCUT2D eigenvalue weighted by molar-refractivity contribution is 5.31. The van der Waals surface area contributed by atoms with Gasteiger partial charge in [-0.1, -0.05) is 62.2 Å². The maximum atomic E-state index is 9.14. The molecule has 0 aliphatic heterocycles. The molecule has 0 bridgehead atoms. The first-order chi connectivity index (χ1) is 9.33. The summed E-state index contributed by atoms with van der Waals surface area (Å²) in [6, 6.07) is 18.9. The smallest absolute Gasteiger partial charge is 0.122 e. The SMILES string of the molecule is CCCCCOc1cccc(O)c1.c1ccccc1. The van der Waals surface area contributed by atoms with Crippen LogP contribution in [0, 0.1) is 0 Å². The molecule has 2 heteroatoms. The number of aromatic hydroxyl groups is 1. The van der Waals surface area contributed by atoms with E-state index < -0.39 is 0 Å². The molecule has 0 aliphatic carbocycles. The van der Waals surface area contributed by atoms with E-state index in [9.17, 15) is 0 Å². The molecule has 0 aliphatic rings. The summed E-state index contributed by atoms with van der Waals surface area (Å²) in [6.07, 6.45) is 3.47. The number of phenols is 1. The molecule has 0 unspecified atom stereocenters. The quantitative estimate of drug-likeness (QED) is 0.791. The molecule has 1 N–H and O–H groups in total. The maximum Gasteiger partial charge on any atom is 0.122 e. The highest BCUT2D eigenvalue weighted by atomic mass is 16.5. The normalized spacial score (nSPS) is 9.32. The Morgan fingerprint density at radius 1 is 0.895 bits per heavy atom. The van der Waals surface area contributed by atoms with Crippen LogP contribution >= 0.6 is 0 Å². The molecule has 19 heavy (non-hydrogen) atoms. The largest absolute Gasteiger partial charge is 0.508 e. The number of rotatable bonds is 5. The van der Waals surface area contributed by atoms with Gasteiger partial charge >= 0.3 is 0 Å². The van der Waals surface area contributed by atoms with Gasteiger partial charge in [0.2, 0.25) is 0 Å². The molecule has 2 rings (SSSR count). The number of phenolic OH excluding ortho intramolecular Hbond substituents is 1. The zero-order valence-electron chi connectivity index (χ0n) is 11.5. The Balaban J connectivity index is 0.000000250. The van der Waals surface area contributed by atoms with Gasteiger partial charge in [-0.3, -0.25) is 0 Å². The van der Waals surface area contributed by atoms with Gasteiger partial charge in [0.05, 0.1) is 6.61 Å². The van der Waals surface area contributed by atoms with Crippen LogP contribution in [0.4, 0.5) is 0 Å². The van der Waals surface area contributed by atoms with Crippen molar-refractivity contribution in [2.24, 2.45) is 0 Å². The number of hydrogen-bond acceptors (Lipinski definition) is 2. The van der Waals surface area contributed by atoms with Gasteiger partial charge in [-0.2, -0.15) is 0 Å². The van der Waals surface area contributed by atoms with E-state index in [0.29, 0.717) is 0 Å². The predicted octanol–water partition coefficient (Wildman–Crippen LogP) is 4.65. The summed E-state index contributed by atoms with van der Waals surface area (Å²) in [5, 5.41) is 9.14. The van der Waals surface area contributed by atoms with Crippen LogP contribution in [0.2, 0.25) is 0 Å². The lowest BCUT2D eigenvalue weighted by Crippen LogP contribution is -1.96. The summed E-state index contributed by atoms with van der Waals surface area (Å²) < 4.78 is 5.43. The van der Waals surface area contributed by atoms with Gasteiger partial charge in [0.1, 0.15) is 11.5 Å². The van der Waals surface area contributed by atoms with E-state index in [2.05, 4.69) is 6.92 Å². The number of benzene rings is 2. The van der Waals surface area contributed by atoms with Gasteiger partial charge in [-0.15, -0.1) is 0 Å². The first-order valence-electron chi connectivity index (χ1n) is 6.74. The van der Waals surface area contributed by atoms with Crippen LogP contribution in [0.5, 0.6) is 11.5 Å². The minimum absolute atomic E-state index is 0.257. The fraction of sp³-hybridized carbons (Fsp3) is 0.294. The third-order valence-corrected chi connectivity index (χ3v) is 2.50. The Hall–Kier alpha value is -1.96. The predicted molar refractivity (Wildman–Crippen MR) is 79.6 cm³/mol. The lowest BCUT2D eigenvalue weighted by Gasteiger charge is -2.05. The first kappa shape index (κ1) is 15.1. The summed E-state index contributed by atoms with van der Waals surface area (Å²) in [4.78, 5) is 0. The van der Waals surface area contributed by atoms with Crippen molar-refractivity contribution in [1.82, 2.24) is 0 Å². The van der Waals surface area contributed by atoms with E-state index in [1.165, 1.54) is 12.8 Å². The van der Waals surface area contributed by atoms with Crippen LogP contribution in [0.3, 0.4) is 0 Å². The summed E-state index contributed by atoms with van der Waals surface area (Å²) in [5.41, 5.74) is 0. The van der Waals surface area contributed by atoms with Gasteiger partial charge in [-0.05, 0) is 18.6 Å². The highest BCUT2D eigenvalue weighted by Gasteiger charge is 1.94. The standard InChI is InChI=1S/C11H16O2.C6H6/c1-2-3-4-8-13-11-7-5-6-10(12)9-11;1-2-4-6-5-3-1/h5-7,9,12H,2-4,8H2,1H3;1-6H. The van der Waals surface area contributed by atoms with Crippen LogP contribution in [0.15, 0.2) is 60.7 Å².